The van der Waals surface area contributed by atoms with E-state index in [1.54, 1.807) is 0 Å². The van der Waals surface area contributed by atoms with Gasteiger partial charge in [-0.05, 0) is 30.4 Å². The highest BCUT2D eigenvalue weighted by Gasteiger charge is 2.22. The Morgan fingerprint density at radius 3 is 2.80 bits per heavy atom. The molecule has 0 radical (unpaired) electrons. The number of para-hydroxylation sites is 1. The summed E-state index contributed by atoms with van der Waals surface area (Å²) >= 11 is 0. The van der Waals surface area contributed by atoms with Crippen molar-refractivity contribution in [2.45, 2.75) is 45.3 Å². The molecule has 0 aromatic heterocycles. The minimum absolute atomic E-state index is 0.0554. The van der Waals surface area contributed by atoms with Gasteiger partial charge in [-0.1, -0.05) is 31.0 Å². The number of amides is 1. The Hall–Kier alpha value is -1.39. The van der Waals surface area contributed by atoms with E-state index in [9.17, 15) is 9.90 Å². The number of hydrogen-bond donors (Lipinski definition) is 3. The monoisotopic (exact) mass is 276 g/mol. The molecule has 4 nitrogen and oxygen atoms in total. The molecule has 0 aliphatic heterocycles. The van der Waals surface area contributed by atoms with E-state index in [1.165, 1.54) is 13.3 Å². The number of nitrogens with one attached hydrogen (secondary N) is 2. The van der Waals surface area contributed by atoms with Gasteiger partial charge in [0, 0.05) is 25.7 Å². The Labute approximate surface area is 120 Å². The van der Waals surface area contributed by atoms with Crippen molar-refractivity contribution in [2.24, 2.45) is 5.92 Å². The number of hydrogen-bond acceptors (Lipinski definition) is 3. The molecule has 110 valence electrons. The van der Waals surface area contributed by atoms with Crippen molar-refractivity contribution in [3.8, 4) is 0 Å². The zero-order valence-corrected chi connectivity index (χ0v) is 12.1. The Balaban J connectivity index is 1.85. The molecule has 1 fully saturated rings. The lowest BCUT2D eigenvalue weighted by Gasteiger charge is -2.27. The molecule has 2 unspecified atom stereocenters. The van der Waals surface area contributed by atoms with Gasteiger partial charge in [-0.15, -0.1) is 0 Å². The van der Waals surface area contributed by atoms with Crippen molar-refractivity contribution in [3.63, 3.8) is 0 Å². The van der Waals surface area contributed by atoms with E-state index in [4.69, 9.17) is 0 Å². The molecule has 0 saturated heterocycles. The minimum atomic E-state index is -0.165. The standard InChI is InChI=1S/C16H24N2O2/c1-12(19)18-15-8-4-2-6-13(15)10-17-11-14-7-3-5-9-16(14)20/h2,4,6,8,14,16-17,20H,3,5,7,9-11H2,1H3,(H,18,19). The molecule has 1 aromatic rings. The Kier molecular flexibility index (Phi) is 5.56. The first-order valence-corrected chi connectivity index (χ1v) is 7.41. The van der Waals surface area contributed by atoms with E-state index in [-0.39, 0.29) is 12.0 Å². The number of anilines is 1. The summed E-state index contributed by atoms with van der Waals surface area (Å²) in [5.74, 6) is 0.303. The fourth-order valence-corrected chi connectivity index (χ4v) is 2.80. The fraction of sp³-hybridized carbons (Fsp3) is 0.562. The van der Waals surface area contributed by atoms with Crippen LogP contribution in [0.25, 0.3) is 0 Å². The average molecular weight is 276 g/mol. The van der Waals surface area contributed by atoms with Crippen LogP contribution >= 0.6 is 0 Å². The minimum Gasteiger partial charge on any atom is -0.393 e. The first-order chi connectivity index (χ1) is 9.66. The summed E-state index contributed by atoms with van der Waals surface area (Å²) in [6, 6.07) is 7.81. The molecule has 4 heteroatoms. The molecule has 1 aliphatic carbocycles. The lowest BCUT2D eigenvalue weighted by Crippen LogP contribution is -2.33. The third-order valence-electron chi connectivity index (χ3n) is 3.92. The van der Waals surface area contributed by atoms with Gasteiger partial charge in [0.1, 0.15) is 0 Å². The molecule has 2 atom stereocenters. The van der Waals surface area contributed by atoms with Gasteiger partial charge in [0.2, 0.25) is 5.91 Å². The van der Waals surface area contributed by atoms with Gasteiger partial charge in [0.05, 0.1) is 6.10 Å². The topological polar surface area (TPSA) is 61.4 Å². The summed E-state index contributed by atoms with van der Waals surface area (Å²) in [6.07, 6.45) is 4.22. The second kappa shape index (κ2) is 7.41. The molecule has 1 amide bonds. The van der Waals surface area contributed by atoms with Crippen LogP contribution in [0, 0.1) is 5.92 Å². The molecule has 0 spiro atoms. The van der Waals surface area contributed by atoms with Gasteiger partial charge >= 0.3 is 0 Å². The molecular weight excluding hydrogens is 252 g/mol. The van der Waals surface area contributed by atoms with Crippen molar-refractivity contribution in [3.05, 3.63) is 29.8 Å². The van der Waals surface area contributed by atoms with Crippen LogP contribution in [0.2, 0.25) is 0 Å². The van der Waals surface area contributed by atoms with E-state index >= 15 is 0 Å². The number of carbonyl (C=O) groups excluding carboxylic acids is 1. The van der Waals surface area contributed by atoms with Gasteiger partial charge < -0.3 is 15.7 Å². The Bertz CT molecular complexity index is 448. The molecular formula is C16H24N2O2. The molecule has 2 rings (SSSR count). The van der Waals surface area contributed by atoms with Crippen molar-refractivity contribution < 1.29 is 9.90 Å². The zero-order chi connectivity index (χ0) is 14.4. The third-order valence-corrected chi connectivity index (χ3v) is 3.92. The van der Waals surface area contributed by atoms with Crippen LogP contribution in [0.1, 0.15) is 38.2 Å². The highest BCUT2D eigenvalue weighted by atomic mass is 16.3. The SMILES string of the molecule is CC(=O)Nc1ccccc1CNCC1CCCCC1O. The van der Waals surface area contributed by atoms with Crippen LogP contribution in [0.3, 0.4) is 0 Å². The van der Waals surface area contributed by atoms with E-state index in [1.807, 2.05) is 24.3 Å². The van der Waals surface area contributed by atoms with E-state index in [2.05, 4.69) is 10.6 Å². The average Bonchev–Trinajstić information content (AvgIpc) is 2.42. The Morgan fingerprint density at radius 1 is 1.30 bits per heavy atom. The summed E-state index contributed by atoms with van der Waals surface area (Å²) in [7, 11) is 0. The van der Waals surface area contributed by atoms with Crippen molar-refractivity contribution >= 4 is 11.6 Å². The normalized spacial score (nSPS) is 22.5. The van der Waals surface area contributed by atoms with E-state index < -0.39 is 0 Å². The highest BCUT2D eigenvalue weighted by molar-refractivity contribution is 5.89. The molecule has 20 heavy (non-hydrogen) atoms. The first kappa shape index (κ1) is 15.0. The fourth-order valence-electron chi connectivity index (χ4n) is 2.80. The largest absolute Gasteiger partial charge is 0.393 e. The lowest BCUT2D eigenvalue weighted by atomic mass is 9.86. The highest BCUT2D eigenvalue weighted by Crippen LogP contribution is 2.24. The summed E-state index contributed by atoms with van der Waals surface area (Å²) < 4.78 is 0. The van der Waals surface area contributed by atoms with Crippen LogP contribution in [0.4, 0.5) is 5.69 Å². The van der Waals surface area contributed by atoms with Crippen LogP contribution in [-0.4, -0.2) is 23.7 Å². The number of aliphatic hydroxyl groups excluding tert-OH is 1. The van der Waals surface area contributed by atoms with Gasteiger partial charge in [0.15, 0.2) is 0 Å². The predicted octanol–water partition coefficient (Wildman–Crippen LogP) is 2.29. The number of rotatable bonds is 5. The van der Waals surface area contributed by atoms with Gasteiger partial charge in [-0.25, -0.2) is 0 Å². The molecule has 1 saturated carbocycles. The molecule has 1 aromatic carbocycles. The summed E-state index contributed by atoms with van der Waals surface area (Å²) in [5.41, 5.74) is 1.93. The third kappa shape index (κ3) is 4.32. The molecule has 1 aliphatic rings. The summed E-state index contributed by atoms with van der Waals surface area (Å²) in [6.45, 7) is 3.05. The van der Waals surface area contributed by atoms with Crippen LogP contribution in [-0.2, 0) is 11.3 Å². The number of benzene rings is 1. The smallest absolute Gasteiger partial charge is 0.221 e. The number of carbonyl (C=O) groups is 1. The Morgan fingerprint density at radius 2 is 2.05 bits per heavy atom. The summed E-state index contributed by atoms with van der Waals surface area (Å²) in [5, 5.41) is 16.2. The van der Waals surface area contributed by atoms with E-state index in [0.29, 0.717) is 12.5 Å². The first-order valence-electron chi connectivity index (χ1n) is 7.41. The van der Waals surface area contributed by atoms with Crippen LogP contribution < -0.4 is 10.6 Å². The van der Waals surface area contributed by atoms with Crippen molar-refractivity contribution in [1.82, 2.24) is 5.32 Å². The van der Waals surface area contributed by atoms with E-state index in [0.717, 1.165) is 37.1 Å². The maximum atomic E-state index is 11.2. The van der Waals surface area contributed by atoms with Gasteiger partial charge in [-0.2, -0.15) is 0 Å². The quantitative estimate of drug-likeness (QED) is 0.773. The zero-order valence-electron chi connectivity index (χ0n) is 12.1. The van der Waals surface area contributed by atoms with Gasteiger partial charge in [0.25, 0.3) is 0 Å². The molecule has 3 N–H and O–H groups in total. The van der Waals surface area contributed by atoms with Crippen molar-refractivity contribution in [2.75, 3.05) is 11.9 Å². The summed E-state index contributed by atoms with van der Waals surface area (Å²) in [4.78, 5) is 11.2. The van der Waals surface area contributed by atoms with Gasteiger partial charge in [-0.3, -0.25) is 4.79 Å². The maximum absolute atomic E-state index is 11.2. The number of aliphatic hydroxyl groups is 1. The lowest BCUT2D eigenvalue weighted by molar-refractivity contribution is -0.114. The second-order valence-corrected chi connectivity index (χ2v) is 5.58. The van der Waals surface area contributed by atoms with Crippen LogP contribution in [0.5, 0.6) is 0 Å². The molecule has 0 heterocycles. The molecule has 0 bridgehead atoms. The van der Waals surface area contributed by atoms with Crippen molar-refractivity contribution in [1.29, 1.82) is 0 Å². The predicted molar refractivity (Wildman–Crippen MR) is 80.4 cm³/mol. The second-order valence-electron chi connectivity index (χ2n) is 5.58. The van der Waals surface area contributed by atoms with Crippen LogP contribution in [0.15, 0.2) is 24.3 Å². The maximum Gasteiger partial charge on any atom is 0.221 e.